The van der Waals surface area contributed by atoms with Gasteiger partial charge in [-0.15, -0.1) is 0 Å². The van der Waals surface area contributed by atoms with Crippen LogP contribution in [0.15, 0.2) is 0 Å². The first kappa shape index (κ1) is 17.7. The maximum atomic E-state index is 15.0. The van der Waals surface area contributed by atoms with Gasteiger partial charge in [-0.1, -0.05) is 46.0 Å². The molecule has 0 aromatic rings. The molecule has 4 fully saturated rings. The lowest BCUT2D eigenvalue weighted by molar-refractivity contribution is -0.0898. The van der Waals surface area contributed by atoms with E-state index in [1.54, 1.807) is 0 Å². The molecule has 0 radical (unpaired) electrons. The highest BCUT2D eigenvalue weighted by molar-refractivity contribution is 5.04. The van der Waals surface area contributed by atoms with Gasteiger partial charge in [-0.25, -0.2) is 4.39 Å². The van der Waals surface area contributed by atoms with Gasteiger partial charge in [-0.05, 0) is 86.9 Å². The van der Waals surface area contributed by atoms with Crippen molar-refractivity contribution in [2.75, 3.05) is 0 Å². The Morgan fingerprint density at radius 2 is 1.57 bits per heavy atom. The van der Waals surface area contributed by atoms with E-state index in [4.69, 9.17) is 0 Å². The molecule has 0 spiro atoms. The number of hydrogen-bond donors (Lipinski definition) is 0. The standard InChI is InChI=1S/C22H39F/c1-3-5-6-10-21-11-14-22(15-12-21,16-13-21)19-9-8-18(7-4-2)17-20(19)23/h18-20H,3-17H2,1-2H3/t18-,19?,20+,21?,22?/m0/s1. The van der Waals surface area contributed by atoms with Crippen molar-refractivity contribution >= 4 is 0 Å². The average Bonchev–Trinajstić information content (AvgIpc) is 2.57. The van der Waals surface area contributed by atoms with Crippen molar-refractivity contribution in [1.82, 2.24) is 0 Å². The SMILES string of the molecule is CCCCCC12CCC(C3CC[C@H](CCC)C[C@H]3F)(CC1)CC2. The van der Waals surface area contributed by atoms with Crippen LogP contribution in [0, 0.1) is 22.7 Å². The second-order valence-corrected chi connectivity index (χ2v) is 9.41. The quantitative estimate of drug-likeness (QED) is 0.427. The molecular weight excluding hydrogens is 283 g/mol. The molecular formula is C22H39F. The number of rotatable bonds is 7. The van der Waals surface area contributed by atoms with Crippen LogP contribution >= 0.6 is 0 Å². The molecule has 0 saturated heterocycles. The highest BCUT2D eigenvalue weighted by atomic mass is 19.1. The second kappa shape index (κ2) is 7.44. The summed E-state index contributed by atoms with van der Waals surface area (Å²) >= 11 is 0. The fourth-order valence-corrected chi connectivity index (χ4v) is 6.53. The zero-order valence-electron chi connectivity index (χ0n) is 15.7. The summed E-state index contributed by atoms with van der Waals surface area (Å²) in [4.78, 5) is 0. The number of fused-ring (bicyclic) bond motifs is 3. The summed E-state index contributed by atoms with van der Waals surface area (Å²) in [6.45, 7) is 4.55. The summed E-state index contributed by atoms with van der Waals surface area (Å²) in [5.41, 5.74) is 1.07. The van der Waals surface area contributed by atoms with Gasteiger partial charge in [0, 0.05) is 0 Å². The van der Waals surface area contributed by atoms with Crippen molar-refractivity contribution in [2.24, 2.45) is 22.7 Å². The van der Waals surface area contributed by atoms with E-state index < -0.39 is 6.17 Å². The Hall–Kier alpha value is -0.0700. The number of unbranched alkanes of at least 4 members (excludes halogenated alkanes) is 2. The van der Waals surface area contributed by atoms with Crippen molar-refractivity contribution in [3.05, 3.63) is 0 Å². The molecule has 0 aromatic heterocycles. The minimum atomic E-state index is -0.494. The third kappa shape index (κ3) is 3.64. The maximum Gasteiger partial charge on any atom is 0.104 e. The van der Waals surface area contributed by atoms with Crippen LogP contribution in [0.3, 0.4) is 0 Å². The molecule has 0 heterocycles. The van der Waals surface area contributed by atoms with Gasteiger partial charge in [0.25, 0.3) is 0 Å². The lowest BCUT2D eigenvalue weighted by atomic mass is 9.47. The van der Waals surface area contributed by atoms with Crippen LogP contribution in [-0.4, -0.2) is 6.17 Å². The topological polar surface area (TPSA) is 0 Å². The first-order valence-electron chi connectivity index (χ1n) is 10.8. The lowest BCUT2D eigenvalue weighted by Crippen LogP contribution is -2.49. The molecule has 0 aliphatic heterocycles. The Labute approximate surface area is 144 Å². The van der Waals surface area contributed by atoms with Crippen molar-refractivity contribution in [1.29, 1.82) is 0 Å². The normalized spacial score (nSPS) is 43.7. The summed E-state index contributed by atoms with van der Waals surface area (Å²) in [6.07, 6.45) is 19.3. The Bertz CT molecular complexity index is 350. The Morgan fingerprint density at radius 1 is 0.870 bits per heavy atom. The van der Waals surface area contributed by atoms with Crippen LogP contribution in [0.4, 0.5) is 4.39 Å². The predicted octanol–water partition coefficient (Wildman–Crippen LogP) is 7.46. The van der Waals surface area contributed by atoms with Gasteiger partial charge < -0.3 is 0 Å². The van der Waals surface area contributed by atoms with Crippen LogP contribution in [0.5, 0.6) is 0 Å². The molecule has 4 aliphatic carbocycles. The molecule has 1 heteroatoms. The van der Waals surface area contributed by atoms with Crippen LogP contribution in [-0.2, 0) is 0 Å². The molecule has 1 unspecified atom stereocenters. The third-order valence-electron chi connectivity index (χ3n) is 8.13. The zero-order chi connectivity index (χ0) is 16.3. The minimum absolute atomic E-state index is 0.406. The monoisotopic (exact) mass is 322 g/mol. The first-order valence-corrected chi connectivity index (χ1v) is 10.8. The third-order valence-corrected chi connectivity index (χ3v) is 8.13. The second-order valence-electron chi connectivity index (χ2n) is 9.41. The van der Waals surface area contributed by atoms with Crippen LogP contribution in [0.2, 0.25) is 0 Å². The van der Waals surface area contributed by atoms with Gasteiger partial charge in [-0.3, -0.25) is 0 Å². The Kier molecular flexibility index (Phi) is 5.74. The number of hydrogen-bond acceptors (Lipinski definition) is 0. The molecule has 0 amide bonds. The fraction of sp³-hybridized carbons (Fsp3) is 1.00. The van der Waals surface area contributed by atoms with E-state index >= 15 is 0 Å². The molecule has 2 bridgehead atoms. The van der Waals surface area contributed by atoms with Gasteiger partial charge in [0.15, 0.2) is 0 Å². The zero-order valence-corrected chi connectivity index (χ0v) is 15.7. The van der Waals surface area contributed by atoms with E-state index in [9.17, 15) is 4.39 Å². The molecule has 134 valence electrons. The molecule has 0 N–H and O–H groups in total. The minimum Gasteiger partial charge on any atom is -0.247 e. The van der Waals surface area contributed by atoms with Crippen LogP contribution in [0.1, 0.15) is 110 Å². The van der Waals surface area contributed by atoms with Gasteiger partial charge in [0.2, 0.25) is 0 Å². The Morgan fingerprint density at radius 3 is 2.13 bits per heavy atom. The van der Waals surface area contributed by atoms with Crippen LogP contribution in [0.25, 0.3) is 0 Å². The Balaban J connectivity index is 1.57. The van der Waals surface area contributed by atoms with Gasteiger partial charge in [0.05, 0.1) is 0 Å². The van der Waals surface area contributed by atoms with Crippen molar-refractivity contribution in [3.63, 3.8) is 0 Å². The molecule has 4 aliphatic rings. The van der Waals surface area contributed by atoms with E-state index in [2.05, 4.69) is 13.8 Å². The molecule has 3 atom stereocenters. The van der Waals surface area contributed by atoms with E-state index in [1.165, 1.54) is 89.9 Å². The summed E-state index contributed by atoms with van der Waals surface area (Å²) in [5.74, 6) is 1.09. The van der Waals surface area contributed by atoms with E-state index in [1.807, 2.05) is 0 Å². The summed E-state index contributed by atoms with van der Waals surface area (Å²) in [6, 6.07) is 0. The van der Waals surface area contributed by atoms with Gasteiger partial charge >= 0.3 is 0 Å². The van der Waals surface area contributed by atoms with Gasteiger partial charge in [0.1, 0.15) is 6.17 Å². The van der Waals surface area contributed by atoms with Crippen LogP contribution < -0.4 is 0 Å². The highest BCUT2D eigenvalue weighted by Gasteiger charge is 2.53. The molecule has 4 rings (SSSR count). The van der Waals surface area contributed by atoms with Crippen molar-refractivity contribution < 1.29 is 4.39 Å². The van der Waals surface area contributed by atoms with Gasteiger partial charge in [-0.2, -0.15) is 0 Å². The average molecular weight is 323 g/mol. The molecule has 0 aromatic carbocycles. The maximum absolute atomic E-state index is 15.0. The summed E-state index contributed by atoms with van der Waals surface area (Å²) in [7, 11) is 0. The predicted molar refractivity (Wildman–Crippen MR) is 97.3 cm³/mol. The highest BCUT2D eigenvalue weighted by Crippen LogP contribution is 2.63. The molecule has 23 heavy (non-hydrogen) atoms. The number of alkyl halides is 1. The summed E-state index contributed by atoms with van der Waals surface area (Å²) in [5, 5.41) is 0. The summed E-state index contributed by atoms with van der Waals surface area (Å²) < 4.78 is 15.0. The van der Waals surface area contributed by atoms with E-state index in [-0.39, 0.29) is 0 Å². The molecule has 4 saturated carbocycles. The number of halogens is 1. The molecule has 0 nitrogen and oxygen atoms in total. The smallest absolute Gasteiger partial charge is 0.104 e. The van der Waals surface area contributed by atoms with Crippen molar-refractivity contribution in [3.8, 4) is 0 Å². The first-order chi connectivity index (χ1) is 11.1. The van der Waals surface area contributed by atoms with E-state index in [0.717, 1.165) is 6.42 Å². The van der Waals surface area contributed by atoms with Crippen molar-refractivity contribution in [2.45, 2.75) is 116 Å². The fourth-order valence-electron chi connectivity index (χ4n) is 6.53. The lowest BCUT2D eigenvalue weighted by Gasteiger charge is -2.58. The largest absolute Gasteiger partial charge is 0.247 e. The van der Waals surface area contributed by atoms with E-state index in [0.29, 0.717) is 22.7 Å².